The minimum absolute atomic E-state index is 0.486. The van der Waals surface area contributed by atoms with Crippen LogP contribution in [0.2, 0.25) is 0 Å². The number of aryl methyl sites for hydroxylation is 1. The summed E-state index contributed by atoms with van der Waals surface area (Å²) < 4.78 is 10.7. The number of nitrogens with two attached hydrogens (primary N) is 1. The molecule has 0 amide bonds. The standard InChI is InChI=1S/C14H18N4O2/c1-10-17-13(9-14(18-10)19-2)16-7-8-20-12-6-4-3-5-11(12)15/h3-6,9H,7-8,15H2,1-2H3,(H,16,17,18). The summed E-state index contributed by atoms with van der Waals surface area (Å²) in [6, 6.07) is 9.15. The first-order valence-electron chi connectivity index (χ1n) is 6.30. The number of nitrogens with one attached hydrogen (secondary N) is 1. The second-order valence-corrected chi connectivity index (χ2v) is 4.16. The minimum atomic E-state index is 0.486. The number of hydrogen-bond acceptors (Lipinski definition) is 6. The minimum Gasteiger partial charge on any atom is -0.490 e. The molecule has 106 valence electrons. The van der Waals surface area contributed by atoms with Crippen LogP contribution in [0.15, 0.2) is 30.3 Å². The molecule has 1 heterocycles. The third-order valence-electron chi connectivity index (χ3n) is 2.61. The monoisotopic (exact) mass is 274 g/mol. The molecule has 0 radical (unpaired) electrons. The van der Waals surface area contributed by atoms with Gasteiger partial charge in [0.05, 0.1) is 19.3 Å². The van der Waals surface area contributed by atoms with Crippen molar-refractivity contribution in [2.24, 2.45) is 0 Å². The Labute approximate surface area is 118 Å². The molecule has 0 bridgehead atoms. The molecular weight excluding hydrogens is 256 g/mol. The van der Waals surface area contributed by atoms with Gasteiger partial charge in [-0.15, -0.1) is 0 Å². The zero-order valence-corrected chi connectivity index (χ0v) is 11.6. The Hall–Kier alpha value is -2.50. The van der Waals surface area contributed by atoms with Gasteiger partial charge in [-0.25, -0.2) is 4.98 Å². The Kier molecular flexibility index (Phi) is 4.60. The Morgan fingerprint density at radius 1 is 1.25 bits per heavy atom. The highest BCUT2D eigenvalue weighted by molar-refractivity contribution is 5.51. The average Bonchev–Trinajstić information content (AvgIpc) is 2.44. The van der Waals surface area contributed by atoms with Gasteiger partial charge < -0.3 is 20.5 Å². The lowest BCUT2D eigenvalue weighted by Gasteiger charge is -2.10. The number of para-hydroxylation sites is 2. The summed E-state index contributed by atoms with van der Waals surface area (Å²) in [5.41, 5.74) is 6.42. The molecule has 0 aliphatic heterocycles. The van der Waals surface area contributed by atoms with Crippen molar-refractivity contribution in [3.05, 3.63) is 36.2 Å². The number of nitrogens with zero attached hydrogens (tertiary/aromatic N) is 2. The van der Waals surface area contributed by atoms with Crippen LogP contribution in [0, 0.1) is 6.92 Å². The first kappa shape index (κ1) is 13.9. The molecule has 0 aliphatic carbocycles. The van der Waals surface area contributed by atoms with Crippen LogP contribution in [-0.4, -0.2) is 30.2 Å². The maximum atomic E-state index is 5.79. The summed E-state index contributed by atoms with van der Waals surface area (Å²) in [6.07, 6.45) is 0. The van der Waals surface area contributed by atoms with E-state index in [0.717, 1.165) is 0 Å². The molecule has 6 nitrogen and oxygen atoms in total. The van der Waals surface area contributed by atoms with Crippen molar-refractivity contribution < 1.29 is 9.47 Å². The van der Waals surface area contributed by atoms with E-state index in [1.54, 1.807) is 19.2 Å². The molecular formula is C14H18N4O2. The quantitative estimate of drug-likeness (QED) is 0.618. The van der Waals surface area contributed by atoms with Crippen molar-refractivity contribution in [2.45, 2.75) is 6.92 Å². The van der Waals surface area contributed by atoms with Crippen LogP contribution < -0.4 is 20.5 Å². The average molecular weight is 274 g/mol. The van der Waals surface area contributed by atoms with E-state index in [9.17, 15) is 0 Å². The molecule has 0 unspecified atom stereocenters. The number of benzene rings is 1. The number of aromatic nitrogens is 2. The van der Waals surface area contributed by atoms with Gasteiger partial charge >= 0.3 is 0 Å². The smallest absolute Gasteiger partial charge is 0.218 e. The predicted octanol–water partition coefficient (Wildman–Crippen LogP) is 1.87. The van der Waals surface area contributed by atoms with Gasteiger partial charge in [-0.3, -0.25) is 0 Å². The molecule has 0 saturated carbocycles. The van der Waals surface area contributed by atoms with Crippen molar-refractivity contribution in [1.82, 2.24) is 9.97 Å². The number of ether oxygens (including phenoxy) is 2. The molecule has 0 aliphatic rings. The van der Waals surface area contributed by atoms with Crippen LogP contribution in [0.3, 0.4) is 0 Å². The van der Waals surface area contributed by atoms with E-state index in [-0.39, 0.29) is 0 Å². The largest absolute Gasteiger partial charge is 0.490 e. The van der Waals surface area contributed by atoms with Crippen molar-refractivity contribution in [2.75, 3.05) is 31.3 Å². The summed E-state index contributed by atoms with van der Waals surface area (Å²) in [7, 11) is 1.58. The lowest BCUT2D eigenvalue weighted by atomic mass is 10.3. The third kappa shape index (κ3) is 3.74. The fraction of sp³-hybridized carbons (Fsp3) is 0.286. The zero-order chi connectivity index (χ0) is 14.4. The first-order valence-corrected chi connectivity index (χ1v) is 6.30. The van der Waals surface area contributed by atoms with Crippen LogP contribution >= 0.6 is 0 Å². The maximum absolute atomic E-state index is 5.79. The van der Waals surface area contributed by atoms with Crippen LogP contribution in [-0.2, 0) is 0 Å². The molecule has 1 aromatic carbocycles. The summed E-state index contributed by atoms with van der Waals surface area (Å²) in [5, 5.41) is 3.15. The van der Waals surface area contributed by atoms with Gasteiger partial charge in [-0.1, -0.05) is 12.1 Å². The normalized spacial score (nSPS) is 10.1. The molecule has 2 rings (SSSR count). The summed E-state index contributed by atoms with van der Waals surface area (Å²) in [6.45, 7) is 2.91. The number of anilines is 2. The molecule has 0 atom stereocenters. The van der Waals surface area contributed by atoms with Crippen LogP contribution in [0.25, 0.3) is 0 Å². The van der Waals surface area contributed by atoms with Gasteiger partial charge in [0.15, 0.2) is 0 Å². The van der Waals surface area contributed by atoms with Crippen LogP contribution in [0.4, 0.5) is 11.5 Å². The van der Waals surface area contributed by atoms with Gasteiger partial charge in [-0.2, -0.15) is 4.98 Å². The number of nitrogen functional groups attached to an aromatic ring is 1. The van der Waals surface area contributed by atoms with E-state index in [0.29, 0.717) is 42.1 Å². The highest BCUT2D eigenvalue weighted by Crippen LogP contribution is 2.19. The Bertz CT molecular complexity index is 575. The Morgan fingerprint density at radius 3 is 2.80 bits per heavy atom. The van der Waals surface area contributed by atoms with Gasteiger partial charge in [0.25, 0.3) is 0 Å². The predicted molar refractivity (Wildman–Crippen MR) is 78.2 cm³/mol. The van der Waals surface area contributed by atoms with Gasteiger partial charge in [0.2, 0.25) is 5.88 Å². The van der Waals surface area contributed by atoms with E-state index in [1.165, 1.54) is 0 Å². The molecule has 2 aromatic rings. The van der Waals surface area contributed by atoms with E-state index in [1.807, 2.05) is 25.1 Å². The third-order valence-corrected chi connectivity index (χ3v) is 2.61. The zero-order valence-electron chi connectivity index (χ0n) is 11.6. The number of rotatable bonds is 6. The fourth-order valence-electron chi connectivity index (χ4n) is 1.69. The number of methoxy groups -OCH3 is 1. The lowest BCUT2D eigenvalue weighted by Crippen LogP contribution is -2.13. The summed E-state index contributed by atoms with van der Waals surface area (Å²) in [5.74, 6) is 2.58. The first-order chi connectivity index (χ1) is 9.69. The lowest BCUT2D eigenvalue weighted by molar-refractivity contribution is 0.334. The summed E-state index contributed by atoms with van der Waals surface area (Å²) >= 11 is 0. The maximum Gasteiger partial charge on any atom is 0.218 e. The molecule has 3 N–H and O–H groups in total. The highest BCUT2D eigenvalue weighted by atomic mass is 16.5. The Balaban J connectivity index is 1.84. The van der Waals surface area contributed by atoms with E-state index >= 15 is 0 Å². The van der Waals surface area contributed by atoms with E-state index < -0.39 is 0 Å². The molecule has 0 saturated heterocycles. The van der Waals surface area contributed by atoms with Gasteiger partial charge in [-0.05, 0) is 19.1 Å². The SMILES string of the molecule is COc1cc(NCCOc2ccccc2N)nc(C)n1. The molecule has 1 aromatic heterocycles. The summed E-state index contributed by atoms with van der Waals surface area (Å²) in [4.78, 5) is 8.38. The van der Waals surface area contributed by atoms with E-state index in [4.69, 9.17) is 15.2 Å². The fourth-order valence-corrected chi connectivity index (χ4v) is 1.69. The second kappa shape index (κ2) is 6.60. The molecule has 0 fully saturated rings. The molecule has 0 spiro atoms. The van der Waals surface area contributed by atoms with E-state index in [2.05, 4.69) is 15.3 Å². The van der Waals surface area contributed by atoms with Crippen molar-refractivity contribution >= 4 is 11.5 Å². The Morgan fingerprint density at radius 2 is 2.05 bits per heavy atom. The molecule has 20 heavy (non-hydrogen) atoms. The van der Waals surface area contributed by atoms with Crippen molar-refractivity contribution in [3.63, 3.8) is 0 Å². The number of hydrogen-bond donors (Lipinski definition) is 2. The van der Waals surface area contributed by atoms with Gasteiger partial charge in [0.1, 0.15) is 24.0 Å². The highest BCUT2D eigenvalue weighted by Gasteiger charge is 2.02. The van der Waals surface area contributed by atoms with Crippen LogP contribution in [0.5, 0.6) is 11.6 Å². The van der Waals surface area contributed by atoms with Crippen LogP contribution in [0.1, 0.15) is 5.82 Å². The van der Waals surface area contributed by atoms with Gasteiger partial charge in [0, 0.05) is 6.07 Å². The second-order valence-electron chi connectivity index (χ2n) is 4.16. The van der Waals surface area contributed by atoms with Crippen molar-refractivity contribution in [1.29, 1.82) is 0 Å². The molecule has 6 heteroatoms. The van der Waals surface area contributed by atoms with Crippen molar-refractivity contribution in [3.8, 4) is 11.6 Å². The topological polar surface area (TPSA) is 82.3 Å².